The van der Waals surface area contributed by atoms with Crippen molar-refractivity contribution in [1.82, 2.24) is 0 Å². The molecule has 0 aliphatic rings. The van der Waals surface area contributed by atoms with Crippen LogP contribution in [0.5, 0.6) is 0 Å². The van der Waals surface area contributed by atoms with Crippen LogP contribution < -0.4 is 0 Å². The molecule has 2 heterocycles. The second kappa shape index (κ2) is 2.23. The van der Waals surface area contributed by atoms with Crippen LogP contribution in [0.3, 0.4) is 0 Å². The molecule has 2 aromatic heterocycles. The molecule has 0 saturated heterocycles. The van der Waals surface area contributed by atoms with Crippen LogP contribution in [0, 0.1) is 13.8 Å². The van der Waals surface area contributed by atoms with Crippen LogP contribution in [0.25, 0.3) is 8.96 Å². The summed E-state index contributed by atoms with van der Waals surface area (Å²) in [6.07, 6.45) is 0. The minimum absolute atomic E-state index is 0.652. The Morgan fingerprint density at radius 2 is 2.20 bits per heavy atom. The third kappa shape index (κ3) is 0.799. The molecule has 0 unspecified atom stereocenters. The number of fused-ring (bicyclic) bond motifs is 1. The van der Waals surface area contributed by atoms with Gasteiger partial charge >= 0.3 is 70.1 Å². The molecule has 0 atom stereocenters. The Labute approximate surface area is 70.2 Å². The molecule has 2 heteroatoms. The first-order valence-corrected chi connectivity index (χ1v) is 5.81. The van der Waals surface area contributed by atoms with Crippen molar-refractivity contribution < 1.29 is 0 Å². The van der Waals surface area contributed by atoms with Gasteiger partial charge in [-0.05, 0) is 0 Å². The maximum atomic E-state index is 2.26. The molecule has 0 nitrogen and oxygen atoms in total. The Bertz CT molecular complexity index is 356. The first kappa shape index (κ1) is 6.66. The summed E-state index contributed by atoms with van der Waals surface area (Å²) in [6.45, 7) is 4.49. The molecule has 0 aliphatic carbocycles. The summed E-state index contributed by atoms with van der Waals surface area (Å²) in [5.41, 5.74) is 1.53. The van der Waals surface area contributed by atoms with Crippen molar-refractivity contribution in [3.05, 3.63) is 21.4 Å². The fourth-order valence-corrected chi connectivity index (χ4v) is 4.80. The molecule has 0 saturated carbocycles. The Morgan fingerprint density at radius 1 is 1.40 bits per heavy atom. The van der Waals surface area contributed by atoms with E-state index in [2.05, 4.69) is 25.3 Å². The van der Waals surface area contributed by atoms with E-state index in [1.165, 1.54) is 10.3 Å². The van der Waals surface area contributed by atoms with Crippen LogP contribution in [-0.4, -0.2) is 14.5 Å². The standard InChI is InChI=1S/C8H8SSe/c1-5-6(2)10-7-3-4-9-8(5)7/h3-4H,1-2H3. The summed E-state index contributed by atoms with van der Waals surface area (Å²) in [5.74, 6) is 0. The summed E-state index contributed by atoms with van der Waals surface area (Å²) in [5, 5.41) is 2.20. The second-order valence-electron chi connectivity index (χ2n) is 2.40. The zero-order valence-corrected chi connectivity index (χ0v) is 8.50. The Hall–Kier alpha value is -0.0405. The molecule has 0 amide bonds. The second-order valence-corrected chi connectivity index (χ2v) is 5.95. The van der Waals surface area contributed by atoms with E-state index in [0.717, 1.165) is 0 Å². The zero-order chi connectivity index (χ0) is 7.14. The number of hydrogen-bond acceptors (Lipinski definition) is 1. The zero-order valence-electron chi connectivity index (χ0n) is 5.97. The predicted octanol–water partition coefficient (Wildman–Crippen LogP) is 2.58. The molecule has 0 fully saturated rings. The van der Waals surface area contributed by atoms with Crippen molar-refractivity contribution in [2.45, 2.75) is 13.8 Å². The van der Waals surface area contributed by atoms with E-state index in [4.69, 9.17) is 0 Å². The van der Waals surface area contributed by atoms with Gasteiger partial charge in [-0.25, -0.2) is 0 Å². The normalized spacial score (nSPS) is 11.0. The van der Waals surface area contributed by atoms with Crippen LogP contribution in [0.2, 0.25) is 0 Å². The molecule has 0 N–H and O–H groups in total. The number of rotatable bonds is 0. The van der Waals surface area contributed by atoms with Gasteiger partial charge in [0.05, 0.1) is 0 Å². The van der Waals surface area contributed by atoms with Crippen LogP contribution in [-0.2, 0) is 0 Å². The Kier molecular flexibility index (Phi) is 1.48. The first-order chi connectivity index (χ1) is 4.79. The van der Waals surface area contributed by atoms with E-state index in [9.17, 15) is 0 Å². The number of aryl methyl sites for hydroxylation is 2. The first-order valence-electron chi connectivity index (χ1n) is 3.22. The van der Waals surface area contributed by atoms with E-state index < -0.39 is 0 Å². The van der Waals surface area contributed by atoms with E-state index >= 15 is 0 Å². The quantitative estimate of drug-likeness (QED) is 0.592. The summed E-state index contributed by atoms with van der Waals surface area (Å²) in [4.78, 5) is 0. The number of hydrogen-bond donors (Lipinski definition) is 0. The Morgan fingerprint density at radius 3 is 2.90 bits per heavy atom. The molecule has 2 aromatic rings. The molecular formula is C8H8SSe. The van der Waals surface area contributed by atoms with E-state index in [-0.39, 0.29) is 0 Å². The van der Waals surface area contributed by atoms with Gasteiger partial charge in [0.25, 0.3) is 0 Å². The fourth-order valence-electron chi connectivity index (χ4n) is 1.05. The van der Waals surface area contributed by atoms with Crippen LogP contribution in [0.15, 0.2) is 11.4 Å². The average molecular weight is 215 g/mol. The molecule has 0 aliphatic heterocycles. The van der Waals surface area contributed by atoms with Gasteiger partial charge in [-0.3, -0.25) is 0 Å². The van der Waals surface area contributed by atoms with Crippen LogP contribution in [0.1, 0.15) is 10.0 Å². The monoisotopic (exact) mass is 216 g/mol. The van der Waals surface area contributed by atoms with Crippen LogP contribution >= 0.6 is 11.3 Å². The van der Waals surface area contributed by atoms with Gasteiger partial charge in [-0.15, -0.1) is 0 Å². The predicted molar refractivity (Wildman–Crippen MR) is 48.2 cm³/mol. The summed E-state index contributed by atoms with van der Waals surface area (Å²) in [6, 6.07) is 2.26. The third-order valence-electron chi connectivity index (χ3n) is 1.76. The SMILES string of the molecule is Cc1[se]c2ccsc2c1C. The molecule has 2 rings (SSSR count). The topological polar surface area (TPSA) is 0 Å². The van der Waals surface area contributed by atoms with E-state index in [1.54, 1.807) is 8.70 Å². The van der Waals surface area contributed by atoms with Gasteiger partial charge < -0.3 is 0 Å². The van der Waals surface area contributed by atoms with Crippen molar-refractivity contribution in [2.75, 3.05) is 0 Å². The van der Waals surface area contributed by atoms with Crippen molar-refractivity contribution in [2.24, 2.45) is 0 Å². The summed E-state index contributed by atoms with van der Waals surface area (Å²) in [7, 11) is 0. The average Bonchev–Trinajstić information content (AvgIpc) is 2.41. The van der Waals surface area contributed by atoms with Crippen LogP contribution in [0.4, 0.5) is 0 Å². The van der Waals surface area contributed by atoms with Gasteiger partial charge in [-0.1, -0.05) is 0 Å². The van der Waals surface area contributed by atoms with Gasteiger partial charge in [-0.2, -0.15) is 0 Å². The minimum atomic E-state index is 0.652. The van der Waals surface area contributed by atoms with Gasteiger partial charge in [0.1, 0.15) is 0 Å². The summed E-state index contributed by atoms with van der Waals surface area (Å²) >= 11 is 2.53. The molecule has 0 radical (unpaired) electrons. The molecular weight excluding hydrogens is 207 g/mol. The van der Waals surface area contributed by atoms with Gasteiger partial charge in [0.2, 0.25) is 0 Å². The summed E-state index contributed by atoms with van der Waals surface area (Å²) < 4.78 is 4.74. The Balaban J connectivity index is 2.95. The van der Waals surface area contributed by atoms with Crippen molar-refractivity contribution in [3.63, 3.8) is 0 Å². The van der Waals surface area contributed by atoms with Gasteiger partial charge in [0.15, 0.2) is 0 Å². The van der Waals surface area contributed by atoms with Gasteiger partial charge in [0, 0.05) is 0 Å². The van der Waals surface area contributed by atoms with Crippen molar-refractivity contribution in [3.8, 4) is 0 Å². The maximum absolute atomic E-state index is 2.26. The number of thiophene rings is 1. The molecule has 0 bridgehead atoms. The third-order valence-corrected chi connectivity index (χ3v) is 5.55. The molecule has 52 valence electrons. The van der Waals surface area contributed by atoms with Crippen molar-refractivity contribution in [1.29, 1.82) is 0 Å². The van der Waals surface area contributed by atoms with E-state index in [1.807, 2.05) is 11.3 Å². The fraction of sp³-hybridized carbons (Fsp3) is 0.250. The van der Waals surface area contributed by atoms with Crippen molar-refractivity contribution >= 4 is 34.8 Å². The van der Waals surface area contributed by atoms with E-state index in [0.29, 0.717) is 14.5 Å². The molecule has 0 spiro atoms. The molecule has 0 aromatic carbocycles. The molecule has 10 heavy (non-hydrogen) atoms.